The number of hydrogen-bond donors (Lipinski definition) is 2. The molecular formula is C20H24ClFN2O3S. The standard InChI is InChI=1S/C20H24ClFN2O3S/c21-17-4-2-16(3-5-17)20(25)10-14-24(15-11-20)13-1-12-23-28(26,27)19-8-6-18(22)7-9-19/h2-9,23,25H,1,10-15H2. The van der Waals surface area contributed by atoms with E-state index < -0.39 is 21.4 Å². The van der Waals surface area contributed by atoms with E-state index in [-0.39, 0.29) is 4.90 Å². The zero-order valence-electron chi connectivity index (χ0n) is 15.4. The molecule has 0 aliphatic carbocycles. The van der Waals surface area contributed by atoms with E-state index in [2.05, 4.69) is 9.62 Å². The quantitative estimate of drug-likeness (QED) is 0.667. The molecule has 152 valence electrons. The third-order valence-corrected chi connectivity index (χ3v) is 6.86. The van der Waals surface area contributed by atoms with Crippen LogP contribution in [0.4, 0.5) is 4.39 Å². The van der Waals surface area contributed by atoms with E-state index in [1.54, 1.807) is 12.1 Å². The van der Waals surface area contributed by atoms with E-state index >= 15 is 0 Å². The van der Waals surface area contributed by atoms with Crippen LogP contribution in [0.15, 0.2) is 53.4 Å². The summed E-state index contributed by atoms with van der Waals surface area (Å²) in [6.45, 7) is 2.52. The van der Waals surface area contributed by atoms with Gasteiger partial charge in [0.2, 0.25) is 10.0 Å². The van der Waals surface area contributed by atoms with Crippen LogP contribution < -0.4 is 4.72 Å². The lowest BCUT2D eigenvalue weighted by molar-refractivity contribution is -0.0259. The molecule has 1 heterocycles. The highest BCUT2D eigenvalue weighted by Crippen LogP contribution is 2.33. The molecule has 0 aromatic heterocycles. The summed E-state index contributed by atoms with van der Waals surface area (Å²) in [5, 5.41) is 11.5. The van der Waals surface area contributed by atoms with Crippen LogP contribution in [0, 0.1) is 5.82 Å². The highest BCUT2D eigenvalue weighted by Gasteiger charge is 2.33. The Morgan fingerprint density at radius 1 is 1.07 bits per heavy atom. The Morgan fingerprint density at radius 3 is 2.29 bits per heavy atom. The minimum absolute atomic E-state index is 0.0555. The largest absolute Gasteiger partial charge is 0.385 e. The number of benzene rings is 2. The number of rotatable bonds is 7. The van der Waals surface area contributed by atoms with Gasteiger partial charge in [-0.15, -0.1) is 0 Å². The molecule has 0 unspecified atom stereocenters. The summed E-state index contributed by atoms with van der Waals surface area (Å²) in [5.41, 5.74) is 0.0363. The third kappa shape index (κ3) is 5.30. The molecule has 0 saturated carbocycles. The molecule has 0 radical (unpaired) electrons. The van der Waals surface area contributed by atoms with E-state index in [1.807, 2.05) is 12.1 Å². The van der Waals surface area contributed by atoms with Crippen molar-refractivity contribution in [1.29, 1.82) is 0 Å². The number of halogens is 2. The monoisotopic (exact) mass is 426 g/mol. The highest BCUT2D eigenvalue weighted by molar-refractivity contribution is 7.89. The van der Waals surface area contributed by atoms with Crippen molar-refractivity contribution in [3.63, 3.8) is 0 Å². The Balaban J connectivity index is 1.43. The number of aliphatic hydroxyl groups is 1. The summed E-state index contributed by atoms with van der Waals surface area (Å²) in [6, 6.07) is 12.1. The van der Waals surface area contributed by atoms with Crippen LogP contribution in [-0.4, -0.2) is 44.6 Å². The molecule has 1 aliphatic rings. The zero-order valence-corrected chi connectivity index (χ0v) is 17.0. The molecule has 0 spiro atoms. The fraction of sp³-hybridized carbons (Fsp3) is 0.400. The van der Waals surface area contributed by atoms with Crippen molar-refractivity contribution in [2.45, 2.75) is 29.8 Å². The molecule has 3 rings (SSSR count). The first-order chi connectivity index (χ1) is 13.3. The van der Waals surface area contributed by atoms with Crippen LogP contribution >= 0.6 is 11.6 Å². The Bertz CT molecular complexity index is 881. The van der Waals surface area contributed by atoms with E-state index in [4.69, 9.17) is 11.6 Å². The average molecular weight is 427 g/mol. The van der Waals surface area contributed by atoms with Crippen LogP contribution in [0.2, 0.25) is 5.02 Å². The first-order valence-corrected chi connectivity index (χ1v) is 11.1. The summed E-state index contributed by atoms with van der Waals surface area (Å²) in [4.78, 5) is 2.27. The molecule has 0 bridgehead atoms. The van der Waals surface area contributed by atoms with E-state index in [0.717, 1.165) is 37.3 Å². The second-order valence-corrected chi connectivity index (χ2v) is 9.29. The fourth-order valence-corrected chi connectivity index (χ4v) is 4.60. The van der Waals surface area contributed by atoms with Gasteiger partial charge in [0.25, 0.3) is 0 Å². The summed E-state index contributed by atoms with van der Waals surface area (Å²) >= 11 is 5.91. The van der Waals surface area contributed by atoms with Gasteiger partial charge in [0.1, 0.15) is 5.82 Å². The minimum Gasteiger partial charge on any atom is -0.385 e. The van der Waals surface area contributed by atoms with Crippen molar-refractivity contribution in [1.82, 2.24) is 9.62 Å². The number of likely N-dealkylation sites (tertiary alicyclic amines) is 1. The second-order valence-electron chi connectivity index (χ2n) is 7.09. The Hall–Kier alpha value is -1.51. The number of nitrogens with one attached hydrogen (secondary N) is 1. The Morgan fingerprint density at radius 2 is 1.68 bits per heavy atom. The number of nitrogens with zero attached hydrogens (tertiary/aromatic N) is 1. The zero-order chi connectivity index (χ0) is 20.2. The van der Waals surface area contributed by atoms with Gasteiger partial charge < -0.3 is 10.0 Å². The van der Waals surface area contributed by atoms with Gasteiger partial charge in [-0.3, -0.25) is 0 Å². The van der Waals surface area contributed by atoms with Gasteiger partial charge in [-0.25, -0.2) is 17.5 Å². The molecule has 1 aliphatic heterocycles. The summed E-state index contributed by atoms with van der Waals surface area (Å²) in [6.07, 6.45) is 1.89. The smallest absolute Gasteiger partial charge is 0.240 e. The lowest BCUT2D eigenvalue weighted by Gasteiger charge is -2.38. The van der Waals surface area contributed by atoms with Crippen LogP contribution in [0.3, 0.4) is 0 Å². The molecule has 5 nitrogen and oxygen atoms in total. The summed E-state index contributed by atoms with van der Waals surface area (Å²) in [5.74, 6) is -0.470. The topological polar surface area (TPSA) is 69.6 Å². The molecule has 1 saturated heterocycles. The van der Waals surface area contributed by atoms with Crippen LogP contribution in [0.1, 0.15) is 24.8 Å². The maximum atomic E-state index is 12.9. The fourth-order valence-electron chi connectivity index (χ4n) is 3.40. The highest BCUT2D eigenvalue weighted by atomic mass is 35.5. The number of sulfonamides is 1. The van der Waals surface area contributed by atoms with Gasteiger partial charge in [-0.1, -0.05) is 23.7 Å². The molecule has 0 atom stereocenters. The molecule has 2 aromatic rings. The maximum absolute atomic E-state index is 12.9. The average Bonchev–Trinajstić information content (AvgIpc) is 2.67. The Labute approximate surface area is 170 Å². The van der Waals surface area contributed by atoms with Crippen molar-refractivity contribution < 1.29 is 17.9 Å². The van der Waals surface area contributed by atoms with Gasteiger partial charge >= 0.3 is 0 Å². The van der Waals surface area contributed by atoms with E-state index in [9.17, 15) is 17.9 Å². The molecule has 2 aromatic carbocycles. The number of piperidine rings is 1. The van der Waals surface area contributed by atoms with E-state index in [1.165, 1.54) is 12.1 Å². The van der Waals surface area contributed by atoms with Crippen molar-refractivity contribution >= 4 is 21.6 Å². The van der Waals surface area contributed by atoms with Crippen molar-refractivity contribution in [2.75, 3.05) is 26.2 Å². The van der Waals surface area contributed by atoms with Gasteiger partial charge in [0.05, 0.1) is 10.5 Å². The van der Waals surface area contributed by atoms with Gasteiger partial charge in [0.15, 0.2) is 0 Å². The van der Waals surface area contributed by atoms with Gasteiger partial charge in [0, 0.05) is 24.7 Å². The lowest BCUT2D eigenvalue weighted by Crippen LogP contribution is -2.43. The van der Waals surface area contributed by atoms with Gasteiger partial charge in [-0.2, -0.15) is 0 Å². The predicted octanol–water partition coefficient (Wildman–Crippen LogP) is 3.13. The minimum atomic E-state index is -3.62. The molecule has 2 N–H and O–H groups in total. The lowest BCUT2D eigenvalue weighted by atomic mass is 9.84. The van der Waals surface area contributed by atoms with Crippen LogP contribution in [0.5, 0.6) is 0 Å². The van der Waals surface area contributed by atoms with Gasteiger partial charge in [-0.05, 0) is 67.8 Å². The van der Waals surface area contributed by atoms with Crippen molar-refractivity contribution in [3.05, 3.63) is 64.9 Å². The second kappa shape index (κ2) is 8.88. The molecular weight excluding hydrogens is 403 g/mol. The first kappa shape index (κ1) is 21.2. The molecule has 28 heavy (non-hydrogen) atoms. The maximum Gasteiger partial charge on any atom is 0.240 e. The van der Waals surface area contributed by atoms with Crippen LogP contribution in [-0.2, 0) is 15.6 Å². The first-order valence-electron chi connectivity index (χ1n) is 9.25. The molecule has 8 heteroatoms. The van der Waals surface area contributed by atoms with Crippen molar-refractivity contribution in [2.24, 2.45) is 0 Å². The van der Waals surface area contributed by atoms with E-state index in [0.29, 0.717) is 30.8 Å². The van der Waals surface area contributed by atoms with Crippen molar-refractivity contribution in [3.8, 4) is 0 Å². The molecule has 1 fully saturated rings. The molecule has 0 amide bonds. The normalized spacial score (nSPS) is 17.5. The number of hydrogen-bond acceptors (Lipinski definition) is 4. The predicted molar refractivity (Wildman–Crippen MR) is 107 cm³/mol. The summed E-state index contributed by atoms with van der Waals surface area (Å²) in [7, 11) is -3.62. The SMILES string of the molecule is O=S(=O)(NCCCN1CCC(O)(c2ccc(Cl)cc2)CC1)c1ccc(F)cc1. The Kier molecular flexibility index (Phi) is 6.73. The van der Waals surface area contributed by atoms with Crippen LogP contribution in [0.25, 0.3) is 0 Å². The third-order valence-electron chi connectivity index (χ3n) is 5.13. The summed E-state index contributed by atoms with van der Waals surface area (Å²) < 4.78 is 39.8.